The van der Waals surface area contributed by atoms with Crippen LogP contribution in [-0.4, -0.2) is 52.2 Å². The first kappa shape index (κ1) is 24.3. The standard InChI is InChI=1S/C18H40N2O3Si2/c1-17(2,3)24(9,10)20(19(7)8)15(21)13-14-16(22)23-25(11,12)18(4,5)6/h13-14H2,1-12H3. The molecule has 0 atom stereocenters. The highest BCUT2D eigenvalue weighted by atomic mass is 28.4. The summed E-state index contributed by atoms with van der Waals surface area (Å²) in [5, 5.41) is 1.89. The average Bonchev–Trinajstić information content (AvgIpc) is 2.32. The van der Waals surface area contributed by atoms with Crippen molar-refractivity contribution in [2.24, 2.45) is 0 Å². The summed E-state index contributed by atoms with van der Waals surface area (Å²) in [6.45, 7) is 21.3. The number of hydrogen-bond acceptors (Lipinski definition) is 4. The molecule has 5 nitrogen and oxygen atoms in total. The summed E-state index contributed by atoms with van der Waals surface area (Å²) in [5.74, 6) is -0.252. The van der Waals surface area contributed by atoms with E-state index in [1.54, 1.807) is 0 Å². The van der Waals surface area contributed by atoms with Gasteiger partial charge in [0.2, 0.25) is 5.91 Å². The smallest absolute Gasteiger partial charge is 0.293 e. The van der Waals surface area contributed by atoms with Crippen LogP contribution in [0.15, 0.2) is 0 Å². The van der Waals surface area contributed by atoms with E-state index in [1.807, 2.05) is 23.8 Å². The third kappa shape index (κ3) is 6.22. The zero-order valence-corrected chi connectivity index (χ0v) is 20.5. The molecular formula is C18H40N2O3Si2. The molecule has 0 spiro atoms. The lowest BCUT2D eigenvalue weighted by atomic mass is 10.2. The van der Waals surface area contributed by atoms with Gasteiger partial charge in [0.1, 0.15) is 0 Å². The Hall–Kier alpha value is -0.666. The van der Waals surface area contributed by atoms with Crippen LogP contribution < -0.4 is 0 Å². The van der Waals surface area contributed by atoms with Gasteiger partial charge in [-0.2, -0.15) is 0 Å². The maximum absolute atomic E-state index is 12.9. The van der Waals surface area contributed by atoms with Crippen molar-refractivity contribution in [1.29, 1.82) is 0 Å². The lowest BCUT2D eigenvalue weighted by Crippen LogP contribution is -2.62. The fraction of sp³-hybridized carbons (Fsp3) is 0.889. The second kappa shape index (κ2) is 7.92. The fourth-order valence-electron chi connectivity index (χ4n) is 2.16. The summed E-state index contributed by atoms with van der Waals surface area (Å²) in [6, 6.07) is 0. The molecule has 0 bridgehead atoms. The van der Waals surface area contributed by atoms with E-state index < -0.39 is 16.6 Å². The van der Waals surface area contributed by atoms with Crippen molar-refractivity contribution in [3.8, 4) is 0 Å². The lowest BCUT2D eigenvalue weighted by Gasteiger charge is -2.48. The van der Waals surface area contributed by atoms with Gasteiger partial charge >= 0.3 is 0 Å². The van der Waals surface area contributed by atoms with Gasteiger partial charge in [0, 0.05) is 20.5 Å². The van der Waals surface area contributed by atoms with Crippen LogP contribution in [0.2, 0.25) is 36.3 Å². The van der Waals surface area contributed by atoms with Crippen molar-refractivity contribution in [2.75, 3.05) is 14.1 Å². The van der Waals surface area contributed by atoms with Crippen molar-refractivity contribution in [3.63, 3.8) is 0 Å². The van der Waals surface area contributed by atoms with Gasteiger partial charge in [0.15, 0.2) is 8.24 Å². The van der Waals surface area contributed by atoms with Crippen molar-refractivity contribution in [1.82, 2.24) is 9.68 Å². The summed E-state index contributed by atoms with van der Waals surface area (Å²) in [6.07, 6.45) is 0.336. The molecule has 0 heterocycles. The van der Waals surface area contributed by atoms with Gasteiger partial charge in [-0.25, -0.2) is 5.01 Å². The van der Waals surface area contributed by atoms with E-state index in [4.69, 9.17) is 4.43 Å². The molecule has 0 aromatic heterocycles. The Labute approximate surface area is 157 Å². The molecule has 0 aromatic rings. The predicted molar refractivity (Wildman–Crippen MR) is 110 cm³/mol. The van der Waals surface area contributed by atoms with E-state index >= 15 is 0 Å². The number of carbonyl (C=O) groups excluding carboxylic acids is 2. The van der Waals surface area contributed by atoms with E-state index in [0.29, 0.717) is 0 Å². The van der Waals surface area contributed by atoms with Crippen LogP contribution in [-0.2, 0) is 14.0 Å². The summed E-state index contributed by atoms with van der Waals surface area (Å²) < 4.78 is 7.67. The molecule has 7 heteroatoms. The van der Waals surface area contributed by atoms with Crippen molar-refractivity contribution < 1.29 is 14.0 Å². The van der Waals surface area contributed by atoms with Crippen LogP contribution >= 0.6 is 0 Å². The molecule has 0 unspecified atom stereocenters. The number of hydrogen-bond donors (Lipinski definition) is 0. The summed E-state index contributed by atoms with van der Waals surface area (Å²) in [7, 11) is -0.384. The Morgan fingerprint density at radius 1 is 0.840 bits per heavy atom. The monoisotopic (exact) mass is 388 g/mol. The van der Waals surface area contributed by atoms with Crippen LogP contribution in [0.3, 0.4) is 0 Å². The fourth-order valence-corrected chi connectivity index (χ4v) is 5.50. The van der Waals surface area contributed by atoms with Gasteiger partial charge in [-0.1, -0.05) is 41.5 Å². The van der Waals surface area contributed by atoms with Crippen molar-refractivity contribution >= 4 is 28.4 Å². The molecule has 0 aromatic carbocycles. The number of amides is 1. The Balaban J connectivity index is 5.05. The van der Waals surface area contributed by atoms with E-state index in [9.17, 15) is 9.59 Å². The number of hydrazine groups is 1. The SMILES string of the molecule is CN(C)N(C(=O)CCC(=O)O[Si](C)(C)C(C)(C)C)[Si](C)(C)C(C)(C)C. The molecule has 0 rings (SSSR count). The van der Waals surface area contributed by atoms with Crippen LogP contribution in [0, 0.1) is 0 Å². The van der Waals surface area contributed by atoms with Crippen LogP contribution in [0.4, 0.5) is 0 Å². The van der Waals surface area contributed by atoms with Gasteiger partial charge in [0.05, 0.1) is 6.42 Å². The molecule has 25 heavy (non-hydrogen) atoms. The molecular weight excluding hydrogens is 348 g/mol. The second-order valence-corrected chi connectivity index (χ2v) is 19.9. The highest BCUT2D eigenvalue weighted by Crippen LogP contribution is 2.39. The zero-order chi connectivity index (χ0) is 20.4. The number of nitrogens with zero attached hydrogens (tertiary/aromatic N) is 2. The summed E-state index contributed by atoms with van der Waals surface area (Å²) in [4.78, 5) is 25.2. The van der Waals surface area contributed by atoms with Gasteiger partial charge in [-0.3, -0.25) is 9.59 Å². The first-order chi connectivity index (χ1) is 10.8. The molecule has 0 saturated carbocycles. The predicted octanol–water partition coefficient (Wildman–Crippen LogP) is 4.63. The number of rotatable bonds is 6. The lowest BCUT2D eigenvalue weighted by molar-refractivity contribution is -0.142. The maximum Gasteiger partial charge on any atom is 0.293 e. The number of carbonyl (C=O) groups is 2. The van der Waals surface area contributed by atoms with E-state index in [1.165, 1.54) is 0 Å². The van der Waals surface area contributed by atoms with Gasteiger partial charge in [-0.05, 0) is 36.3 Å². The molecule has 0 saturated heterocycles. The van der Waals surface area contributed by atoms with E-state index in [2.05, 4.69) is 67.7 Å². The van der Waals surface area contributed by atoms with E-state index in [0.717, 1.165) is 0 Å². The molecule has 0 aliphatic heterocycles. The zero-order valence-electron chi connectivity index (χ0n) is 18.5. The molecule has 1 amide bonds. The minimum Gasteiger partial charge on any atom is -0.519 e. The van der Waals surface area contributed by atoms with Gasteiger partial charge in [0.25, 0.3) is 14.3 Å². The summed E-state index contributed by atoms with van der Waals surface area (Å²) >= 11 is 0. The van der Waals surface area contributed by atoms with Crippen molar-refractivity contribution in [2.45, 2.75) is 90.6 Å². The third-order valence-electron chi connectivity index (χ3n) is 5.72. The van der Waals surface area contributed by atoms with Gasteiger partial charge < -0.3 is 9.10 Å². The third-order valence-corrected chi connectivity index (χ3v) is 15.4. The Morgan fingerprint density at radius 2 is 1.28 bits per heavy atom. The molecule has 148 valence electrons. The largest absolute Gasteiger partial charge is 0.519 e. The topological polar surface area (TPSA) is 49.9 Å². The van der Waals surface area contributed by atoms with Crippen LogP contribution in [0.25, 0.3) is 0 Å². The van der Waals surface area contributed by atoms with Crippen LogP contribution in [0.5, 0.6) is 0 Å². The minimum atomic E-state index is -2.13. The molecule has 0 fully saturated rings. The second-order valence-electron chi connectivity index (χ2n) is 10.1. The Bertz CT molecular complexity index is 490. The molecule has 0 radical (unpaired) electrons. The normalized spacial score (nSPS) is 13.8. The van der Waals surface area contributed by atoms with E-state index in [-0.39, 0.29) is 34.8 Å². The minimum absolute atomic E-state index is 0.00349. The quantitative estimate of drug-likeness (QED) is 0.492. The first-order valence-electron chi connectivity index (χ1n) is 9.07. The Kier molecular flexibility index (Phi) is 7.71. The molecule has 0 aliphatic rings. The van der Waals surface area contributed by atoms with Gasteiger partial charge in [-0.15, -0.1) is 0 Å². The highest BCUT2D eigenvalue weighted by Gasteiger charge is 2.45. The summed E-state index contributed by atoms with van der Waals surface area (Å²) in [5.41, 5.74) is 0. The average molecular weight is 389 g/mol. The highest BCUT2D eigenvalue weighted by molar-refractivity contribution is 6.79. The Morgan fingerprint density at radius 3 is 1.60 bits per heavy atom. The molecule has 0 aliphatic carbocycles. The first-order valence-corrected chi connectivity index (χ1v) is 14.9. The molecule has 0 N–H and O–H groups in total. The maximum atomic E-state index is 12.9. The van der Waals surface area contributed by atoms with Crippen molar-refractivity contribution in [3.05, 3.63) is 0 Å². The van der Waals surface area contributed by atoms with Crippen LogP contribution in [0.1, 0.15) is 54.4 Å².